The maximum atomic E-state index is 12.3. The Hall–Kier alpha value is -1.84. The van der Waals surface area contributed by atoms with Crippen molar-refractivity contribution in [2.24, 2.45) is 0 Å². The average Bonchev–Trinajstić information content (AvgIpc) is 2.50. The molecule has 0 atom stereocenters. The van der Waals surface area contributed by atoms with Gasteiger partial charge in [0, 0.05) is 0 Å². The second-order valence-electron chi connectivity index (χ2n) is 5.41. The summed E-state index contributed by atoms with van der Waals surface area (Å²) in [7, 11) is 0. The summed E-state index contributed by atoms with van der Waals surface area (Å²) in [5.74, 6) is -0.906. The number of carbonyl (C=O) groups is 2. The Bertz CT molecular complexity index is 520. The van der Waals surface area contributed by atoms with Crippen LogP contribution in [0.2, 0.25) is 0 Å². The van der Waals surface area contributed by atoms with Gasteiger partial charge in [0.25, 0.3) is 0 Å². The van der Waals surface area contributed by atoms with Crippen LogP contribution in [0.4, 0.5) is 0 Å². The predicted octanol–water partition coefficient (Wildman–Crippen LogP) is 4.22. The topological polar surface area (TPSA) is 52.6 Å². The van der Waals surface area contributed by atoms with Crippen molar-refractivity contribution in [3.8, 4) is 0 Å². The van der Waals surface area contributed by atoms with Crippen LogP contribution < -0.4 is 0 Å². The molecule has 0 N–H and O–H groups in total. The Labute approximate surface area is 132 Å². The summed E-state index contributed by atoms with van der Waals surface area (Å²) in [4.78, 5) is 24.5. The normalized spacial score (nSPS) is 10.4. The molecule has 0 radical (unpaired) electrons. The second-order valence-corrected chi connectivity index (χ2v) is 5.41. The molecule has 0 heterocycles. The van der Waals surface area contributed by atoms with Crippen molar-refractivity contribution in [2.45, 2.75) is 53.4 Å². The number of ether oxygens (including phenoxy) is 2. The molecule has 1 aromatic rings. The highest BCUT2D eigenvalue weighted by molar-refractivity contribution is 6.04. The Morgan fingerprint density at radius 1 is 0.909 bits per heavy atom. The number of unbranched alkanes of at least 4 members (excludes halogenated alkanes) is 2. The van der Waals surface area contributed by atoms with Gasteiger partial charge in [-0.1, -0.05) is 32.8 Å². The standard InChI is InChI=1S/C18H26O4/c1-5-7-11-21-17(19)15-10-9-13(3)14(4)16(15)18(20)22-12-8-6-2/h9-10H,5-8,11-12H2,1-4H3. The molecule has 0 aliphatic rings. The van der Waals surface area contributed by atoms with Crippen LogP contribution in [0.25, 0.3) is 0 Å². The van der Waals surface area contributed by atoms with Gasteiger partial charge >= 0.3 is 11.9 Å². The molecule has 0 spiro atoms. The van der Waals surface area contributed by atoms with Crippen LogP contribution in [0.5, 0.6) is 0 Å². The van der Waals surface area contributed by atoms with Crippen LogP contribution in [0.15, 0.2) is 12.1 Å². The Morgan fingerprint density at radius 2 is 1.45 bits per heavy atom. The predicted molar refractivity (Wildman–Crippen MR) is 86.3 cm³/mol. The lowest BCUT2D eigenvalue weighted by Gasteiger charge is -2.13. The minimum Gasteiger partial charge on any atom is -0.462 e. The molecular formula is C18H26O4. The Morgan fingerprint density at radius 3 is 2.00 bits per heavy atom. The zero-order valence-corrected chi connectivity index (χ0v) is 14.0. The molecule has 0 bridgehead atoms. The van der Waals surface area contributed by atoms with E-state index in [1.165, 1.54) is 0 Å². The van der Waals surface area contributed by atoms with Crippen molar-refractivity contribution in [2.75, 3.05) is 13.2 Å². The van der Waals surface area contributed by atoms with Gasteiger partial charge in [-0.05, 0) is 43.9 Å². The summed E-state index contributed by atoms with van der Waals surface area (Å²) >= 11 is 0. The van der Waals surface area contributed by atoms with Crippen LogP contribution in [0, 0.1) is 13.8 Å². The zero-order chi connectivity index (χ0) is 16.5. The first-order valence-electron chi connectivity index (χ1n) is 7.97. The summed E-state index contributed by atoms with van der Waals surface area (Å²) in [6.07, 6.45) is 3.53. The fraction of sp³-hybridized carbons (Fsp3) is 0.556. The van der Waals surface area contributed by atoms with Gasteiger partial charge in [-0.3, -0.25) is 0 Å². The third-order valence-electron chi connectivity index (χ3n) is 3.62. The van der Waals surface area contributed by atoms with E-state index in [4.69, 9.17) is 9.47 Å². The van der Waals surface area contributed by atoms with E-state index in [9.17, 15) is 9.59 Å². The smallest absolute Gasteiger partial charge is 0.339 e. The average molecular weight is 306 g/mol. The molecule has 4 nitrogen and oxygen atoms in total. The number of carbonyl (C=O) groups excluding carboxylic acids is 2. The van der Waals surface area contributed by atoms with Crippen LogP contribution in [-0.4, -0.2) is 25.2 Å². The van der Waals surface area contributed by atoms with Gasteiger partial charge in [-0.15, -0.1) is 0 Å². The maximum Gasteiger partial charge on any atom is 0.339 e. The molecule has 0 aliphatic carbocycles. The van der Waals surface area contributed by atoms with E-state index in [-0.39, 0.29) is 0 Å². The van der Waals surface area contributed by atoms with E-state index in [1.54, 1.807) is 6.07 Å². The number of hydrogen-bond donors (Lipinski definition) is 0. The van der Waals surface area contributed by atoms with Crippen molar-refractivity contribution in [1.29, 1.82) is 0 Å². The highest BCUT2D eigenvalue weighted by Crippen LogP contribution is 2.20. The first-order valence-corrected chi connectivity index (χ1v) is 7.97. The van der Waals surface area contributed by atoms with E-state index in [0.29, 0.717) is 24.3 Å². The minimum absolute atomic E-state index is 0.292. The molecule has 0 unspecified atom stereocenters. The molecule has 0 saturated heterocycles. The number of aryl methyl sites for hydroxylation is 1. The lowest BCUT2D eigenvalue weighted by molar-refractivity contribution is 0.0451. The van der Waals surface area contributed by atoms with Gasteiger partial charge in [0.2, 0.25) is 0 Å². The highest BCUT2D eigenvalue weighted by atomic mass is 16.5. The van der Waals surface area contributed by atoms with Gasteiger partial charge in [-0.25, -0.2) is 9.59 Å². The van der Waals surface area contributed by atoms with Crippen LogP contribution in [0.1, 0.15) is 71.4 Å². The summed E-state index contributed by atoms with van der Waals surface area (Å²) in [6.45, 7) is 8.53. The van der Waals surface area contributed by atoms with E-state index >= 15 is 0 Å². The van der Waals surface area contributed by atoms with Crippen LogP contribution in [-0.2, 0) is 9.47 Å². The molecule has 1 rings (SSSR count). The van der Waals surface area contributed by atoms with Crippen LogP contribution in [0.3, 0.4) is 0 Å². The van der Waals surface area contributed by atoms with E-state index in [1.807, 2.05) is 33.8 Å². The fourth-order valence-electron chi connectivity index (χ4n) is 2.02. The quantitative estimate of drug-likeness (QED) is 0.533. The molecule has 22 heavy (non-hydrogen) atoms. The van der Waals surface area contributed by atoms with Crippen molar-refractivity contribution < 1.29 is 19.1 Å². The molecular weight excluding hydrogens is 280 g/mol. The summed E-state index contributed by atoms with van der Waals surface area (Å²) in [6, 6.07) is 3.47. The summed E-state index contributed by atoms with van der Waals surface area (Å²) in [5.41, 5.74) is 2.34. The second kappa shape index (κ2) is 9.23. The molecule has 0 aromatic heterocycles. The van der Waals surface area contributed by atoms with Gasteiger partial charge < -0.3 is 9.47 Å². The van der Waals surface area contributed by atoms with Crippen molar-refractivity contribution in [1.82, 2.24) is 0 Å². The molecule has 0 amide bonds. The largest absolute Gasteiger partial charge is 0.462 e. The third-order valence-corrected chi connectivity index (χ3v) is 3.62. The van der Waals surface area contributed by atoms with E-state index in [2.05, 4.69) is 0 Å². The van der Waals surface area contributed by atoms with Gasteiger partial charge in [0.05, 0.1) is 24.3 Å². The first kappa shape index (κ1) is 18.2. The van der Waals surface area contributed by atoms with Crippen molar-refractivity contribution in [3.63, 3.8) is 0 Å². The van der Waals surface area contributed by atoms with Gasteiger partial charge in [-0.2, -0.15) is 0 Å². The third kappa shape index (κ3) is 4.86. The lowest BCUT2D eigenvalue weighted by atomic mass is 9.97. The Kier molecular flexibility index (Phi) is 7.64. The molecule has 0 fully saturated rings. The Balaban J connectivity index is 2.99. The van der Waals surface area contributed by atoms with Crippen LogP contribution >= 0.6 is 0 Å². The lowest BCUT2D eigenvalue weighted by Crippen LogP contribution is -2.17. The van der Waals surface area contributed by atoms with E-state index in [0.717, 1.165) is 36.8 Å². The first-order chi connectivity index (χ1) is 10.5. The monoisotopic (exact) mass is 306 g/mol. The molecule has 4 heteroatoms. The minimum atomic E-state index is -0.459. The van der Waals surface area contributed by atoms with Crippen molar-refractivity contribution >= 4 is 11.9 Å². The fourth-order valence-corrected chi connectivity index (χ4v) is 2.02. The maximum absolute atomic E-state index is 12.3. The van der Waals surface area contributed by atoms with Gasteiger partial charge in [0.15, 0.2) is 0 Å². The summed E-state index contributed by atoms with van der Waals surface area (Å²) < 4.78 is 10.5. The summed E-state index contributed by atoms with van der Waals surface area (Å²) in [5, 5.41) is 0. The number of benzene rings is 1. The molecule has 122 valence electrons. The van der Waals surface area contributed by atoms with Crippen molar-refractivity contribution in [3.05, 3.63) is 34.4 Å². The number of esters is 2. The number of rotatable bonds is 8. The highest BCUT2D eigenvalue weighted by Gasteiger charge is 2.22. The zero-order valence-electron chi connectivity index (χ0n) is 14.0. The number of hydrogen-bond acceptors (Lipinski definition) is 4. The van der Waals surface area contributed by atoms with E-state index < -0.39 is 11.9 Å². The van der Waals surface area contributed by atoms with Gasteiger partial charge in [0.1, 0.15) is 0 Å². The molecule has 0 saturated carbocycles. The molecule has 0 aliphatic heterocycles. The molecule has 1 aromatic carbocycles. The SMILES string of the molecule is CCCCOC(=O)c1ccc(C)c(C)c1C(=O)OCCCC.